The fourth-order valence-corrected chi connectivity index (χ4v) is 3.03. The molecule has 2 heterocycles. The van der Waals surface area contributed by atoms with Crippen molar-refractivity contribution in [1.29, 1.82) is 0 Å². The lowest BCUT2D eigenvalue weighted by molar-refractivity contribution is 0.196. The first-order chi connectivity index (χ1) is 9.81. The van der Waals surface area contributed by atoms with Gasteiger partial charge in [0.2, 0.25) is 11.9 Å². The SMILES string of the molecule is Nc1nc(OCC2CCCCC2)nc(N2CCCC2)n1. The predicted molar refractivity (Wildman–Crippen MR) is 77.8 cm³/mol. The van der Waals surface area contributed by atoms with Gasteiger partial charge in [0, 0.05) is 13.1 Å². The smallest absolute Gasteiger partial charge is 0.323 e. The van der Waals surface area contributed by atoms with Gasteiger partial charge in [0.15, 0.2) is 0 Å². The number of hydrogen-bond donors (Lipinski definition) is 1. The third-order valence-electron chi connectivity index (χ3n) is 4.18. The summed E-state index contributed by atoms with van der Waals surface area (Å²) in [7, 11) is 0. The molecule has 1 saturated heterocycles. The third kappa shape index (κ3) is 3.29. The van der Waals surface area contributed by atoms with E-state index in [1.54, 1.807) is 0 Å². The van der Waals surface area contributed by atoms with Gasteiger partial charge in [0.1, 0.15) is 0 Å². The van der Waals surface area contributed by atoms with Gasteiger partial charge < -0.3 is 15.4 Å². The number of nitrogen functional groups attached to an aromatic ring is 1. The van der Waals surface area contributed by atoms with Crippen LogP contribution in [0.25, 0.3) is 0 Å². The molecule has 20 heavy (non-hydrogen) atoms. The van der Waals surface area contributed by atoms with E-state index >= 15 is 0 Å². The van der Waals surface area contributed by atoms with Crippen LogP contribution in [0.2, 0.25) is 0 Å². The van der Waals surface area contributed by atoms with E-state index in [0.717, 1.165) is 13.1 Å². The van der Waals surface area contributed by atoms with E-state index < -0.39 is 0 Å². The first-order valence-electron chi connectivity index (χ1n) is 7.70. The van der Waals surface area contributed by atoms with E-state index in [4.69, 9.17) is 10.5 Å². The summed E-state index contributed by atoms with van der Waals surface area (Å²) in [4.78, 5) is 14.9. The topological polar surface area (TPSA) is 77.2 Å². The maximum Gasteiger partial charge on any atom is 0.323 e. The monoisotopic (exact) mass is 277 g/mol. The van der Waals surface area contributed by atoms with Crippen LogP contribution in [0.15, 0.2) is 0 Å². The summed E-state index contributed by atoms with van der Waals surface area (Å²) < 4.78 is 5.76. The van der Waals surface area contributed by atoms with Crippen LogP contribution in [0.1, 0.15) is 44.9 Å². The minimum absolute atomic E-state index is 0.251. The second-order valence-corrected chi connectivity index (χ2v) is 5.79. The van der Waals surface area contributed by atoms with Crippen LogP contribution in [0, 0.1) is 5.92 Å². The molecular formula is C14H23N5O. The van der Waals surface area contributed by atoms with Crippen molar-refractivity contribution in [2.75, 3.05) is 30.3 Å². The highest BCUT2D eigenvalue weighted by Gasteiger charge is 2.18. The molecule has 2 N–H and O–H groups in total. The average Bonchev–Trinajstić information content (AvgIpc) is 3.00. The fourth-order valence-electron chi connectivity index (χ4n) is 3.03. The summed E-state index contributed by atoms with van der Waals surface area (Å²) in [6.45, 7) is 2.68. The molecule has 1 aliphatic carbocycles. The molecule has 3 rings (SSSR count). The van der Waals surface area contributed by atoms with E-state index in [9.17, 15) is 0 Å². The number of anilines is 2. The Bertz CT molecular complexity index is 441. The zero-order valence-corrected chi connectivity index (χ0v) is 11.9. The quantitative estimate of drug-likeness (QED) is 0.907. The van der Waals surface area contributed by atoms with Crippen LogP contribution in [-0.2, 0) is 0 Å². The van der Waals surface area contributed by atoms with Crippen molar-refractivity contribution in [3.63, 3.8) is 0 Å². The molecular weight excluding hydrogens is 254 g/mol. The standard InChI is InChI=1S/C14H23N5O/c15-12-16-13(19-8-4-5-9-19)18-14(17-12)20-10-11-6-2-1-3-7-11/h11H,1-10H2,(H2,15,16,17,18). The highest BCUT2D eigenvalue weighted by molar-refractivity contribution is 5.36. The van der Waals surface area contributed by atoms with Gasteiger partial charge in [-0.1, -0.05) is 19.3 Å². The van der Waals surface area contributed by atoms with E-state index in [1.165, 1.54) is 44.9 Å². The summed E-state index contributed by atoms with van der Waals surface area (Å²) >= 11 is 0. The summed E-state index contributed by atoms with van der Waals surface area (Å²) in [6.07, 6.45) is 8.85. The minimum Gasteiger partial charge on any atom is -0.463 e. The molecule has 1 aliphatic heterocycles. The van der Waals surface area contributed by atoms with Gasteiger partial charge >= 0.3 is 6.01 Å². The molecule has 0 amide bonds. The van der Waals surface area contributed by atoms with E-state index in [-0.39, 0.29) is 5.95 Å². The largest absolute Gasteiger partial charge is 0.463 e. The summed E-state index contributed by atoms with van der Waals surface area (Å²) in [5.41, 5.74) is 5.77. The van der Waals surface area contributed by atoms with Crippen molar-refractivity contribution in [2.24, 2.45) is 5.92 Å². The lowest BCUT2D eigenvalue weighted by atomic mass is 9.90. The van der Waals surface area contributed by atoms with Crippen LogP contribution in [0.3, 0.4) is 0 Å². The molecule has 1 aromatic rings. The molecule has 0 aromatic carbocycles. The van der Waals surface area contributed by atoms with Gasteiger partial charge in [-0.05, 0) is 31.6 Å². The molecule has 0 bridgehead atoms. The van der Waals surface area contributed by atoms with Gasteiger partial charge in [-0.25, -0.2) is 0 Å². The van der Waals surface area contributed by atoms with Crippen molar-refractivity contribution < 1.29 is 4.74 Å². The van der Waals surface area contributed by atoms with Crippen molar-refractivity contribution in [3.8, 4) is 6.01 Å². The zero-order chi connectivity index (χ0) is 13.8. The van der Waals surface area contributed by atoms with Crippen molar-refractivity contribution in [1.82, 2.24) is 15.0 Å². The van der Waals surface area contributed by atoms with E-state index in [0.29, 0.717) is 24.5 Å². The van der Waals surface area contributed by atoms with Gasteiger partial charge in [0.25, 0.3) is 0 Å². The number of rotatable bonds is 4. The normalized spacial score (nSPS) is 20.3. The van der Waals surface area contributed by atoms with E-state index in [2.05, 4.69) is 19.9 Å². The first kappa shape index (κ1) is 13.4. The Morgan fingerprint density at radius 3 is 2.50 bits per heavy atom. The van der Waals surface area contributed by atoms with Crippen molar-refractivity contribution in [2.45, 2.75) is 44.9 Å². The Labute approximate surface area is 119 Å². The van der Waals surface area contributed by atoms with Gasteiger partial charge in [0.05, 0.1) is 6.61 Å². The molecule has 6 heteroatoms. The molecule has 2 aliphatic rings. The van der Waals surface area contributed by atoms with Crippen molar-refractivity contribution >= 4 is 11.9 Å². The molecule has 0 atom stereocenters. The van der Waals surface area contributed by atoms with Gasteiger partial charge in [-0.3, -0.25) is 0 Å². The molecule has 110 valence electrons. The third-order valence-corrected chi connectivity index (χ3v) is 4.18. The number of hydrogen-bond acceptors (Lipinski definition) is 6. The maximum absolute atomic E-state index is 5.77. The first-order valence-corrected chi connectivity index (χ1v) is 7.70. The predicted octanol–water partition coefficient (Wildman–Crippen LogP) is 2.01. The van der Waals surface area contributed by atoms with Gasteiger partial charge in [-0.15, -0.1) is 0 Å². The Balaban J connectivity index is 1.63. The van der Waals surface area contributed by atoms with Crippen LogP contribution >= 0.6 is 0 Å². The molecule has 2 fully saturated rings. The number of ether oxygens (including phenoxy) is 1. The summed E-state index contributed by atoms with van der Waals surface area (Å²) in [6, 6.07) is 0.380. The Hall–Kier alpha value is -1.59. The highest BCUT2D eigenvalue weighted by Crippen LogP contribution is 2.24. The number of aromatic nitrogens is 3. The molecule has 0 radical (unpaired) electrons. The Morgan fingerprint density at radius 2 is 1.75 bits per heavy atom. The van der Waals surface area contributed by atoms with E-state index in [1.807, 2.05) is 0 Å². The molecule has 1 saturated carbocycles. The lowest BCUT2D eigenvalue weighted by Gasteiger charge is -2.21. The Kier molecular flexibility index (Phi) is 4.18. The van der Waals surface area contributed by atoms with Gasteiger partial charge in [-0.2, -0.15) is 15.0 Å². The zero-order valence-electron chi connectivity index (χ0n) is 11.9. The van der Waals surface area contributed by atoms with Crippen LogP contribution in [0.4, 0.5) is 11.9 Å². The second-order valence-electron chi connectivity index (χ2n) is 5.79. The summed E-state index contributed by atoms with van der Waals surface area (Å²) in [5, 5.41) is 0. The Morgan fingerprint density at radius 1 is 1.00 bits per heavy atom. The van der Waals surface area contributed by atoms with Crippen molar-refractivity contribution in [3.05, 3.63) is 0 Å². The fraction of sp³-hybridized carbons (Fsp3) is 0.786. The molecule has 0 unspecified atom stereocenters. The minimum atomic E-state index is 0.251. The average molecular weight is 277 g/mol. The van der Waals surface area contributed by atoms with Crippen LogP contribution in [0.5, 0.6) is 6.01 Å². The lowest BCUT2D eigenvalue weighted by Crippen LogP contribution is -2.22. The van der Waals surface area contributed by atoms with Crippen LogP contribution in [-0.4, -0.2) is 34.6 Å². The summed E-state index contributed by atoms with van der Waals surface area (Å²) in [5.74, 6) is 1.55. The molecule has 0 spiro atoms. The number of nitrogens with two attached hydrogens (primary N) is 1. The highest BCUT2D eigenvalue weighted by atomic mass is 16.5. The maximum atomic E-state index is 5.77. The molecule has 6 nitrogen and oxygen atoms in total. The second kappa shape index (κ2) is 6.24. The number of nitrogens with zero attached hydrogens (tertiary/aromatic N) is 4. The molecule has 1 aromatic heterocycles. The van der Waals surface area contributed by atoms with Crippen LogP contribution < -0.4 is 15.4 Å².